The molecule has 0 bridgehead atoms. The van der Waals surface area contributed by atoms with Gasteiger partial charge in [0.15, 0.2) is 0 Å². The lowest BCUT2D eigenvalue weighted by Gasteiger charge is -2.12. The molecule has 5 heteroatoms. The molecule has 0 aliphatic carbocycles. The summed E-state index contributed by atoms with van der Waals surface area (Å²) in [6, 6.07) is 0. The van der Waals surface area contributed by atoms with Crippen molar-refractivity contribution in [3.05, 3.63) is 24.3 Å². The van der Waals surface area contributed by atoms with Crippen molar-refractivity contribution in [3.63, 3.8) is 0 Å². The summed E-state index contributed by atoms with van der Waals surface area (Å²) >= 11 is 0. The molecule has 0 saturated heterocycles. The zero-order valence-electron chi connectivity index (χ0n) is 27.0. The fraction of sp³-hybridized carbons (Fsp3) is 0.833. The van der Waals surface area contributed by atoms with Crippen LogP contribution in [0.25, 0.3) is 0 Å². The van der Waals surface area contributed by atoms with Crippen LogP contribution in [-0.4, -0.2) is 33.6 Å². The van der Waals surface area contributed by atoms with Crippen LogP contribution in [0.15, 0.2) is 34.6 Å². The molecule has 0 aliphatic heterocycles. The largest absolute Gasteiger partial charge is 0.411 e. The molecule has 0 heterocycles. The highest BCUT2D eigenvalue weighted by Crippen LogP contribution is 2.15. The van der Waals surface area contributed by atoms with E-state index in [-0.39, 0.29) is 0 Å². The zero-order valence-corrected chi connectivity index (χ0v) is 27.0. The number of aliphatic hydroxyl groups is 1. The van der Waals surface area contributed by atoms with E-state index in [1.165, 1.54) is 128 Å². The Morgan fingerprint density at radius 3 is 1.34 bits per heavy atom. The molecule has 0 radical (unpaired) electrons. The predicted octanol–water partition coefficient (Wildman–Crippen LogP) is 11.7. The Morgan fingerprint density at radius 1 is 0.512 bits per heavy atom. The van der Waals surface area contributed by atoms with Gasteiger partial charge < -0.3 is 15.5 Å². The summed E-state index contributed by atoms with van der Waals surface area (Å²) in [6.45, 7) is 2.27. The monoisotopic (exact) mass is 577 g/mol. The van der Waals surface area contributed by atoms with Gasteiger partial charge in [-0.25, -0.2) is 0 Å². The maximum atomic E-state index is 10.4. The molecule has 0 aliphatic rings. The second kappa shape index (κ2) is 34.6. The molecule has 0 fully saturated rings. The Bertz CT molecular complexity index is 630. The van der Waals surface area contributed by atoms with E-state index >= 15 is 0 Å². The third-order valence-corrected chi connectivity index (χ3v) is 8.01. The number of hydrogen-bond acceptors (Lipinski definition) is 5. The molecule has 0 amide bonds. The van der Waals surface area contributed by atoms with E-state index < -0.39 is 6.10 Å². The minimum atomic E-state index is -0.585. The molecule has 0 spiro atoms. The number of nitrogens with zero attached hydrogens (tertiary/aromatic N) is 2. The van der Waals surface area contributed by atoms with Crippen LogP contribution in [-0.2, 0) is 0 Å². The summed E-state index contributed by atoms with van der Waals surface area (Å²) < 4.78 is 0. The van der Waals surface area contributed by atoms with Gasteiger partial charge >= 0.3 is 0 Å². The van der Waals surface area contributed by atoms with Crippen LogP contribution in [0.4, 0.5) is 0 Å². The minimum Gasteiger partial charge on any atom is -0.411 e. The fourth-order valence-corrected chi connectivity index (χ4v) is 5.28. The van der Waals surface area contributed by atoms with Gasteiger partial charge in [0.25, 0.3) is 0 Å². The average molecular weight is 577 g/mol. The van der Waals surface area contributed by atoms with Crippen LogP contribution in [0.1, 0.15) is 187 Å². The van der Waals surface area contributed by atoms with Gasteiger partial charge in [0.1, 0.15) is 0 Å². The van der Waals surface area contributed by atoms with Crippen LogP contribution >= 0.6 is 0 Å². The third kappa shape index (κ3) is 31.2. The molecule has 0 rings (SSSR count). The molecule has 240 valence electrons. The van der Waals surface area contributed by atoms with E-state index in [4.69, 9.17) is 5.21 Å². The maximum Gasteiger partial charge on any atom is 0.0954 e. The SMILES string of the molecule is CCCCCCCC=CCCCCCCCCC(O)C(CCCCCCCC=CCCCCCCCC=NO)=NO. The van der Waals surface area contributed by atoms with Gasteiger partial charge in [-0.2, -0.15) is 0 Å². The van der Waals surface area contributed by atoms with Crippen molar-refractivity contribution in [3.8, 4) is 0 Å². The first kappa shape index (κ1) is 39.4. The number of hydrogen-bond donors (Lipinski definition) is 3. The van der Waals surface area contributed by atoms with Crippen molar-refractivity contribution in [2.24, 2.45) is 10.3 Å². The summed E-state index contributed by atoms with van der Waals surface area (Å²) in [5.74, 6) is 0. The van der Waals surface area contributed by atoms with Gasteiger partial charge in [-0.15, -0.1) is 5.16 Å². The second-order valence-corrected chi connectivity index (χ2v) is 11.9. The molecule has 0 aromatic carbocycles. The first-order valence-electron chi connectivity index (χ1n) is 17.6. The van der Waals surface area contributed by atoms with E-state index in [2.05, 4.69) is 41.5 Å². The molecule has 1 unspecified atom stereocenters. The van der Waals surface area contributed by atoms with Crippen molar-refractivity contribution >= 4 is 11.9 Å². The highest BCUT2D eigenvalue weighted by molar-refractivity contribution is 5.87. The highest BCUT2D eigenvalue weighted by atomic mass is 16.4. The van der Waals surface area contributed by atoms with E-state index in [1.807, 2.05) is 0 Å². The lowest BCUT2D eigenvalue weighted by Crippen LogP contribution is -2.20. The van der Waals surface area contributed by atoms with Crippen LogP contribution < -0.4 is 0 Å². The maximum absolute atomic E-state index is 10.4. The molecular formula is C36H68N2O3. The van der Waals surface area contributed by atoms with E-state index in [0.717, 1.165) is 38.5 Å². The first-order valence-corrected chi connectivity index (χ1v) is 17.6. The molecule has 0 aromatic rings. The molecule has 0 aromatic heterocycles. The fourth-order valence-electron chi connectivity index (χ4n) is 5.28. The predicted molar refractivity (Wildman–Crippen MR) is 179 cm³/mol. The summed E-state index contributed by atoms with van der Waals surface area (Å²) in [5, 5.41) is 34.6. The smallest absolute Gasteiger partial charge is 0.0954 e. The van der Waals surface area contributed by atoms with Crippen LogP contribution in [0, 0.1) is 0 Å². The molecule has 1 atom stereocenters. The Morgan fingerprint density at radius 2 is 0.902 bits per heavy atom. The number of allylic oxidation sites excluding steroid dienone is 4. The molecule has 3 N–H and O–H groups in total. The van der Waals surface area contributed by atoms with Crippen molar-refractivity contribution < 1.29 is 15.5 Å². The number of unbranched alkanes of at least 4 members (excludes halogenated alkanes) is 22. The Balaban J connectivity index is 3.49. The van der Waals surface area contributed by atoms with Crippen molar-refractivity contribution in [2.45, 2.75) is 193 Å². The van der Waals surface area contributed by atoms with E-state index in [0.29, 0.717) is 18.6 Å². The van der Waals surface area contributed by atoms with Gasteiger partial charge in [-0.05, 0) is 83.5 Å². The lowest BCUT2D eigenvalue weighted by molar-refractivity contribution is 0.213. The molecule has 5 nitrogen and oxygen atoms in total. The average Bonchev–Trinajstić information content (AvgIpc) is 2.98. The van der Waals surface area contributed by atoms with Gasteiger partial charge in [-0.3, -0.25) is 0 Å². The summed E-state index contributed by atoms with van der Waals surface area (Å²) in [6.07, 6.45) is 43.6. The third-order valence-electron chi connectivity index (χ3n) is 8.01. The number of aliphatic hydroxyl groups excluding tert-OH is 1. The lowest BCUT2D eigenvalue weighted by atomic mass is 10.00. The number of oxime groups is 2. The van der Waals surface area contributed by atoms with Crippen LogP contribution in [0.2, 0.25) is 0 Å². The summed E-state index contributed by atoms with van der Waals surface area (Å²) in [5.41, 5.74) is 0.573. The summed E-state index contributed by atoms with van der Waals surface area (Å²) in [4.78, 5) is 0. The Labute approximate surface area is 254 Å². The van der Waals surface area contributed by atoms with Gasteiger partial charge in [-0.1, -0.05) is 133 Å². The standard InChI is InChI=1S/C36H68N2O3/c1-2-3-4-5-6-7-8-9-11-15-18-21-24-27-30-33-36(39)35(38-41)32-29-26-23-20-17-14-12-10-13-16-19-22-25-28-31-34-37-40/h8-10,12,34,36,39-41H,2-7,11,13-33H2,1H3. The topological polar surface area (TPSA) is 85.4 Å². The highest BCUT2D eigenvalue weighted by Gasteiger charge is 2.12. The quantitative estimate of drug-likeness (QED) is 0.0245. The normalized spacial score (nSPS) is 13.4. The van der Waals surface area contributed by atoms with Crippen LogP contribution in [0.3, 0.4) is 0 Å². The Hall–Kier alpha value is -1.62. The van der Waals surface area contributed by atoms with Gasteiger partial charge in [0.05, 0.1) is 11.8 Å². The van der Waals surface area contributed by atoms with Crippen LogP contribution in [0.5, 0.6) is 0 Å². The first-order chi connectivity index (χ1) is 20.3. The van der Waals surface area contributed by atoms with Gasteiger partial charge in [0, 0.05) is 6.21 Å². The van der Waals surface area contributed by atoms with Crippen molar-refractivity contribution in [1.29, 1.82) is 0 Å². The van der Waals surface area contributed by atoms with Crippen molar-refractivity contribution in [1.82, 2.24) is 0 Å². The molecule has 0 saturated carbocycles. The second-order valence-electron chi connectivity index (χ2n) is 11.9. The van der Waals surface area contributed by atoms with Gasteiger partial charge in [0.2, 0.25) is 0 Å². The zero-order chi connectivity index (χ0) is 29.9. The molecule has 41 heavy (non-hydrogen) atoms. The summed E-state index contributed by atoms with van der Waals surface area (Å²) in [7, 11) is 0. The van der Waals surface area contributed by atoms with E-state index in [9.17, 15) is 10.3 Å². The minimum absolute atomic E-state index is 0.573. The molecular weight excluding hydrogens is 508 g/mol. The number of rotatable bonds is 32. The van der Waals surface area contributed by atoms with E-state index in [1.54, 1.807) is 6.21 Å². The Kier molecular flexibility index (Phi) is 33.2. The van der Waals surface area contributed by atoms with Crippen molar-refractivity contribution in [2.75, 3.05) is 0 Å².